The SMILES string of the molecule is Cc1cc(C)c(OCC(=O)Nc2ccc(N3CCN(C(=O)/C=C/c4ccccc4)CC3)c(Cl)c2)c(Br)c1. The van der Waals surface area contributed by atoms with Crippen molar-refractivity contribution < 1.29 is 14.3 Å². The second kappa shape index (κ2) is 12.3. The van der Waals surface area contributed by atoms with Crippen molar-refractivity contribution in [3.63, 3.8) is 0 Å². The van der Waals surface area contributed by atoms with Gasteiger partial charge in [-0.1, -0.05) is 48.0 Å². The summed E-state index contributed by atoms with van der Waals surface area (Å²) in [6, 6.07) is 19.2. The number of piperazine rings is 1. The number of amides is 2. The molecule has 3 aromatic carbocycles. The molecule has 1 heterocycles. The van der Waals surface area contributed by atoms with Gasteiger partial charge in [-0.05, 0) is 76.8 Å². The quantitative estimate of drug-likeness (QED) is 0.342. The summed E-state index contributed by atoms with van der Waals surface area (Å²) >= 11 is 10.1. The topological polar surface area (TPSA) is 61.9 Å². The van der Waals surface area contributed by atoms with Gasteiger partial charge in [0.2, 0.25) is 5.91 Å². The summed E-state index contributed by atoms with van der Waals surface area (Å²) in [4.78, 5) is 29.0. The van der Waals surface area contributed by atoms with Crippen LogP contribution in [0.2, 0.25) is 5.02 Å². The van der Waals surface area contributed by atoms with Crippen LogP contribution in [0.3, 0.4) is 0 Å². The predicted molar refractivity (Wildman–Crippen MR) is 153 cm³/mol. The van der Waals surface area contributed by atoms with Gasteiger partial charge in [0.25, 0.3) is 5.91 Å². The lowest BCUT2D eigenvalue weighted by atomic mass is 10.1. The fraction of sp³-hybridized carbons (Fsp3) is 0.241. The van der Waals surface area contributed by atoms with Crippen LogP contribution in [0.4, 0.5) is 11.4 Å². The Hall–Kier alpha value is -3.29. The molecule has 1 fully saturated rings. The molecule has 3 aromatic rings. The molecule has 0 radical (unpaired) electrons. The number of nitrogens with zero attached hydrogens (tertiary/aromatic N) is 2. The van der Waals surface area contributed by atoms with Crippen LogP contribution < -0.4 is 15.0 Å². The van der Waals surface area contributed by atoms with Crippen molar-refractivity contribution in [2.45, 2.75) is 13.8 Å². The third-order valence-corrected chi connectivity index (χ3v) is 6.99. The first-order chi connectivity index (χ1) is 17.8. The number of aryl methyl sites for hydroxylation is 2. The van der Waals surface area contributed by atoms with E-state index in [-0.39, 0.29) is 18.4 Å². The van der Waals surface area contributed by atoms with Crippen molar-refractivity contribution in [3.05, 3.63) is 92.9 Å². The molecular formula is C29H29BrClN3O3. The molecule has 1 N–H and O–H groups in total. The minimum atomic E-state index is -0.272. The monoisotopic (exact) mass is 581 g/mol. The third-order valence-electron chi connectivity index (χ3n) is 6.10. The van der Waals surface area contributed by atoms with E-state index in [1.807, 2.05) is 79.4 Å². The zero-order valence-electron chi connectivity index (χ0n) is 20.8. The molecule has 0 saturated carbocycles. The highest BCUT2D eigenvalue weighted by Gasteiger charge is 2.21. The Bertz CT molecular complexity index is 1280. The summed E-state index contributed by atoms with van der Waals surface area (Å²) in [6.07, 6.45) is 3.46. The van der Waals surface area contributed by atoms with Gasteiger partial charge >= 0.3 is 0 Å². The van der Waals surface area contributed by atoms with Crippen LogP contribution in [0.1, 0.15) is 16.7 Å². The third kappa shape index (κ3) is 7.14. The summed E-state index contributed by atoms with van der Waals surface area (Å²) in [7, 11) is 0. The number of anilines is 2. The standard InChI is InChI=1S/C29H29BrClN3O3/c1-20-16-21(2)29(24(30)17-20)37-19-27(35)32-23-9-10-26(25(31)18-23)33-12-14-34(15-13-33)28(36)11-8-22-6-4-3-5-7-22/h3-11,16-18H,12-15,19H2,1-2H3,(H,32,35)/b11-8+. The molecule has 8 heteroatoms. The summed E-state index contributed by atoms with van der Waals surface area (Å²) in [5.74, 6) is 0.386. The van der Waals surface area contributed by atoms with E-state index in [9.17, 15) is 9.59 Å². The first-order valence-corrected chi connectivity index (χ1v) is 13.2. The van der Waals surface area contributed by atoms with Crippen molar-refractivity contribution >= 4 is 56.8 Å². The van der Waals surface area contributed by atoms with E-state index in [1.165, 1.54) is 0 Å². The van der Waals surface area contributed by atoms with Crippen LogP contribution in [0.5, 0.6) is 5.75 Å². The highest BCUT2D eigenvalue weighted by atomic mass is 79.9. The highest BCUT2D eigenvalue weighted by molar-refractivity contribution is 9.10. The van der Waals surface area contributed by atoms with Gasteiger partial charge in [0.15, 0.2) is 6.61 Å². The maximum atomic E-state index is 12.6. The normalized spacial score (nSPS) is 13.6. The smallest absolute Gasteiger partial charge is 0.262 e. The number of halogens is 2. The summed E-state index contributed by atoms with van der Waals surface area (Å²) in [5.41, 5.74) is 4.55. The lowest BCUT2D eigenvalue weighted by Gasteiger charge is -2.36. The largest absolute Gasteiger partial charge is 0.482 e. The maximum absolute atomic E-state index is 12.6. The van der Waals surface area contributed by atoms with Crippen molar-refractivity contribution in [2.24, 2.45) is 0 Å². The average molecular weight is 583 g/mol. The second-order valence-electron chi connectivity index (χ2n) is 8.95. The molecule has 6 nitrogen and oxygen atoms in total. The van der Waals surface area contributed by atoms with Crippen LogP contribution in [0, 0.1) is 13.8 Å². The lowest BCUT2D eigenvalue weighted by Crippen LogP contribution is -2.48. The van der Waals surface area contributed by atoms with Crippen LogP contribution in [-0.4, -0.2) is 49.5 Å². The zero-order chi connectivity index (χ0) is 26.4. The van der Waals surface area contributed by atoms with Crippen LogP contribution in [-0.2, 0) is 9.59 Å². The Balaban J connectivity index is 1.29. The summed E-state index contributed by atoms with van der Waals surface area (Å²) in [6.45, 7) is 6.41. The molecule has 37 heavy (non-hydrogen) atoms. The van der Waals surface area contributed by atoms with E-state index in [4.69, 9.17) is 16.3 Å². The minimum absolute atomic E-state index is 0.00254. The lowest BCUT2D eigenvalue weighted by molar-refractivity contribution is -0.126. The number of carbonyl (C=O) groups is 2. The second-order valence-corrected chi connectivity index (χ2v) is 10.2. The van der Waals surface area contributed by atoms with E-state index in [2.05, 4.69) is 26.1 Å². The van der Waals surface area contributed by atoms with E-state index in [0.29, 0.717) is 42.6 Å². The van der Waals surface area contributed by atoms with Crippen LogP contribution in [0.15, 0.2) is 71.2 Å². The molecule has 1 aliphatic rings. The Kier molecular flexibility index (Phi) is 8.90. The predicted octanol–water partition coefficient (Wildman–Crippen LogP) is 6.10. The maximum Gasteiger partial charge on any atom is 0.262 e. The van der Waals surface area contributed by atoms with Crippen molar-refractivity contribution in [2.75, 3.05) is 43.0 Å². The molecule has 0 atom stereocenters. The number of benzene rings is 3. The van der Waals surface area contributed by atoms with Crippen molar-refractivity contribution in [1.82, 2.24) is 4.90 Å². The molecule has 0 unspecified atom stereocenters. The first kappa shape index (κ1) is 26.8. The molecule has 0 bridgehead atoms. The Morgan fingerprint density at radius 2 is 1.76 bits per heavy atom. The number of rotatable bonds is 7. The minimum Gasteiger partial charge on any atom is -0.482 e. The molecule has 1 aliphatic heterocycles. The van der Waals surface area contributed by atoms with E-state index >= 15 is 0 Å². The Morgan fingerprint density at radius 3 is 2.43 bits per heavy atom. The van der Waals surface area contributed by atoms with Gasteiger partial charge in [-0.2, -0.15) is 0 Å². The van der Waals surface area contributed by atoms with Gasteiger partial charge in [0.1, 0.15) is 5.75 Å². The van der Waals surface area contributed by atoms with Crippen LogP contribution >= 0.6 is 27.5 Å². The van der Waals surface area contributed by atoms with Gasteiger partial charge in [-0.15, -0.1) is 0 Å². The van der Waals surface area contributed by atoms with Gasteiger partial charge in [-0.25, -0.2) is 0 Å². The molecule has 0 aromatic heterocycles. The molecule has 1 saturated heterocycles. The first-order valence-electron chi connectivity index (χ1n) is 12.1. The fourth-order valence-electron chi connectivity index (χ4n) is 4.27. The number of hydrogen-bond donors (Lipinski definition) is 1. The molecular weight excluding hydrogens is 554 g/mol. The number of nitrogens with one attached hydrogen (secondary N) is 1. The number of ether oxygens (including phenoxy) is 1. The number of hydrogen-bond acceptors (Lipinski definition) is 4. The Labute approximate surface area is 231 Å². The van der Waals surface area contributed by atoms with Gasteiger partial charge in [-0.3, -0.25) is 9.59 Å². The van der Waals surface area contributed by atoms with E-state index < -0.39 is 0 Å². The fourth-order valence-corrected chi connectivity index (χ4v) is 5.35. The summed E-state index contributed by atoms with van der Waals surface area (Å²) < 4.78 is 6.56. The van der Waals surface area contributed by atoms with Crippen molar-refractivity contribution in [3.8, 4) is 5.75 Å². The van der Waals surface area contributed by atoms with Crippen molar-refractivity contribution in [1.29, 1.82) is 0 Å². The molecule has 0 aliphatic carbocycles. The average Bonchev–Trinajstić information content (AvgIpc) is 2.87. The molecule has 0 spiro atoms. The zero-order valence-corrected chi connectivity index (χ0v) is 23.2. The van der Waals surface area contributed by atoms with Gasteiger partial charge in [0.05, 0.1) is 15.2 Å². The van der Waals surface area contributed by atoms with Gasteiger partial charge < -0.3 is 19.9 Å². The molecule has 192 valence electrons. The molecule has 2 amide bonds. The van der Waals surface area contributed by atoms with Crippen LogP contribution in [0.25, 0.3) is 6.08 Å². The Morgan fingerprint density at radius 1 is 1.03 bits per heavy atom. The van der Waals surface area contributed by atoms with E-state index in [1.54, 1.807) is 12.1 Å². The van der Waals surface area contributed by atoms with E-state index in [0.717, 1.165) is 26.9 Å². The molecule has 4 rings (SSSR count). The van der Waals surface area contributed by atoms with Gasteiger partial charge in [0, 0.05) is 37.9 Å². The highest BCUT2D eigenvalue weighted by Crippen LogP contribution is 2.31. The summed E-state index contributed by atoms with van der Waals surface area (Å²) in [5, 5.41) is 3.38. The number of carbonyl (C=O) groups excluding carboxylic acids is 2.